The Morgan fingerprint density at radius 1 is 1.38 bits per heavy atom. The third kappa shape index (κ3) is 3.64. The van der Waals surface area contributed by atoms with Crippen molar-refractivity contribution in [3.8, 4) is 0 Å². The number of piperidine rings is 1. The highest BCUT2D eigenvalue weighted by Crippen LogP contribution is 2.20. The number of hydrogen-bond acceptors (Lipinski definition) is 5. The molecule has 3 heterocycles. The van der Waals surface area contributed by atoms with Crippen LogP contribution in [0.4, 0.5) is 5.69 Å². The molecule has 1 saturated heterocycles. The molecule has 0 spiro atoms. The van der Waals surface area contributed by atoms with Crippen molar-refractivity contribution in [1.82, 2.24) is 29.4 Å². The molecule has 0 aromatic carbocycles. The first-order chi connectivity index (χ1) is 11.5. The molecular weight excluding hydrogens is 306 g/mol. The molecule has 130 valence electrons. The average Bonchev–Trinajstić information content (AvgIpc) is 3.14. The number of nitrogens with one attached hydrogen (secondary N) is 1. The van der Waals surface area contributed by atoms with Crippen LogP contribution in [0.3, 0.4) is 0 Å². The predicted octanol–water partition coefficient (Wildman–Crippen LogP) is 1.12. The lowest BCUT2D eigenvalue weighted by Crippen LogP contribution is -2.46. The smallest absolute Gasteiger partial charge is 0.238 e. The molecule has 1 atom stereocenters. The molecule has 1 fully saturated rings. The highest BCUT2D eigenvalue weighted by atomic mass is 16.2. The fourth-order valence-corrected chi connectivity index (χ4v) is 3.34. The van der Waals surface area contributed by atoms with E-state index in [9.17, 15) is 4.79 Å². The minimum Gasteiger partial charge on any atom is -0.322 e. The van der Waals surface area contributed by atoms with Gasteiger partial charge < -0.3 is 5.32 Å². The monoisotopic (exact) mass is 331 g/mol. The van der Waals surface area contributed by atoms with Gasteiger partial charge in [-0.2, -0.15) is 10.2 Å². The minimum absolute atomic E-state index is 0.0136. The second kappa shape index (κ2) is 7.12. The molecule has 0 radical (unpaired) electrons. The number of aryl methyl sites for hydroxylation is 2. The molecule has 24 heavy (non-hydrogen) atoms. The van der Waals surface area contributed by atoms with Gasteiger partial charge in [0, 0.05) is 13.1 Å². The van der Waals surface area contributed by atoms with Gasteiger partial charge in [-0.05, 0) is 33.2 Å². The fourth-order valence-electron chi connectivity index (χ4n) is 3.34. The van der Waals surface area contributed by atoms with E-state index in [1.54, 1.807) is 17.3 Å². The van der Waals surface area contributed by atoms with Gasteiger partial charge in [-0.25, -0.2) is 4.98 Å². The van der Waals surface area contributed by atoms with Crippen molar-refractivity contribution in [3.05, 3.63) is 24.0 Å². The lowest BCUT2D eigenvalue weighted by atomic mass is 10.0. The molecule has 0 aliphatic carbocycles. The molecule has 0 bridgehead atoms. The van der Waals surface area contributed by atoms with Crippen LogP contribution >= 0.6 is 0 Å². The van der Waals surface area contributed by atoms with Crippen molar-refractivity contribution in [3.63, 3.8) is 0 Å². The van der Waals surface area contributed by atoms with Crippen LogP contribution in [0.1, 0.15) is 30.7 Å². The van der Waals surface area contributed by atoms with Crippen molar-refractivity contribution in [2.45, 2.75) is 45.7 Å². The van der Waals surface area contributed by atoms with Crippen molar-refractivity contribution in [1.29, 1.82) is 0 Å². The number of likely N-dealkylation sites (tertiary alicyclic amines) is 1. The van der Waals surface area contributed by atoms with Gasteiger partial charge in [0.2, 0.25) is 5.91 Å². The molecule has 2 aromatic rings. The van der Waals surface area contributed by atoms with Gasteiger partial charge in [0.15, 0.2) is 0 Å². The molecule has 8 nitrogen and oxygen atoms in total. The highest BCUT2D eigenvalue weighted by Gasteiger charge is 2.25. The zero-order chi connectivity index (χ0) is 17.1. The van der Waals surface area contributed by atoms with Gasteiger partial charge in [0.05, 0.1) is 30.2 Å². The van der Waals surface area contributed by atoms with Crippen LogP contribution in [0.25, 0.3) is 0 Å². The number of nitrogens with zero attached hydrogens (tertiary/aromatic N) is 6. The van der Waals surface area contributed by atoms with Crippen LogP contribution in [0, 0.1) is 13.8 Å². The zero-order valence-electron chi connectivity index (χ0n) is 14.6. The fraction of sp³-hybridized carbons (Fsp3) is 0.625. The first-order valence-electron chi connectivity index (χ1n) is 8.41. The summed E-state index contributed by atoms with van der Waals surface area (Å²) in [5, 5.41) is 11.6. The summed E-state index contributed by atoms with van der Waals surface area (Å²) < 4.78 is 3.63. The topological polar surface area (TPSA) is 80.9 Å². The molecule has 1 amide bonds. The number of hydrogen-bond donors (Lipinski definition) is 1. The third-order valence-corrected chi connectivity index (χ3v) is 4.73. The number of aromatic nitrogens is 5. The highest BCUT2D eigenvalue weighted by molar-refractivity contribution is 5.93. The Hall–Kier alpha value is -2.22. The van der Waals surface area contributed by atoms with Gasteiger partial charge in [-0.3, -0.25) is 19.1 Å². The maximum Gasteiger partial charge on any atom is 0.238 e. The van der Waals surface area contributed by atoms with E-state index in [1.165, 1.54) is 6.42 Å². The van der Waals surface area contributed by atoms with Crippen molar-refractivity contribution >= 4 is 11.6 Å². The number of rotatable bonds is 5. The Morgan fingerprint density at radius 3 is 2.88 bits per heavy atom. The Balaban J connectivity index is 1.63. The van der Waals surface area contributed by atoms with Crippen LogP contribution in [-0.4, -0.2) is 54.5 Å². The summed E-state index contributed by atoms with van der Waals surface area (Å²) in [6, 6.07) is 0.322. The van der Waals surface area contributed by atoms with Crippen LogP contribution in [-0.2, 0) is 18.4 Å². The lowest BCUT2D eigenvalue weighted by molar-refractivity contribution is -0.118. The van der Waals surface area contributed by atoms with Gasteiger partial charge in [0.1, 0.15) is 12.7 Å². The number of carbonyl (C=O) groups excluding carboxylic acids is 1. The Bertz CT molecular complexity index is 692. The normalized spacial score (nSPS) is 18.7. The molecule has 2 aromatic heterocycles. The van der Waals surface area contributed by atoms with Crippen LogP contribution in [0.5, 0.6) is 0 Å². The molecule has 1 N–H and O–H groups in total. The van der Waals surface area contributed by atoms with Crippen LogP contribution < -0.4 is 5.32 Å². The summed E-state index contributed by atoms with van der Waals surface area (Å²) in [7, 11) is 1.89. The largest absolute Gasteiger partial charge is 0.322 e. The molecule has 3 rings (SSSR count). The summed E-state index contributed by atoms with van der Waals surface area (Å²) in [4.78, 5) is 18.8. The van der Waals surface area contributed by atoms with E-state index in [0.29, 0.717) is 12.6 Å². The van der Waals surface area contributed by atoms with Gasteiger partial charge in [-0.1, -0.05) is 6.42 Å². The van der Waals surface area contributed by atoms with E-state index < -0.39 is 0 Å². The summed E-state index contributed by atoms with van der Waals surface area (Å²) in [5.74, 6) is 0.0136. The second-order valence-electron chi connectivity index (χ2n) is 6.46. The number of carbonyl (C=O) groups is 1. The molecule has 1 unspecified atom stereocenters. The molecule has 8 heteroatoms. The van der Waals surface area contributed by atoms with E-state index in [-0.39, 0.29) is 5.91 Å². The van der Waals surface area contributed by atoms with Crippen LogP contribution in [0.15, 0.2) is 12.7 Å². The third-order valence-electron chi connectivity index (χ3n) is 4.73. The van der Waals surface area contributed by atoms with Crippen molar-refractivity contribution < 1.29 is 4.79 Å². The predicted molar refractivity (Wildman–Crippen MR) is 90.5 cm³/mol. The van der Waals surface area contributed by atoms with Crippen LogP contribution in [0.2, 0.25) is 0 Å². The maximum absolute atomic E-state index is 12.5. The van der Waals surface area contributed by atoms with Crippen molar-refractivity contribution in [2.24, 2.45) is 7.05 Å². The lowest BCUT2D eigenvalue weighted by Gasteiger charge is -2.35. The molecule has 0 saturated carbocycles. The van der Waals surface area contributed by atoms with Crippen molar-refractivity contribution in [2.75, 3.05) is 18.4 Å². The van der Waals surface area contributed by atoms with E-state index >= 15 is 0 Å². The Labute approximate surface area is 141 Å². The van der Waals surface area contributed by atoms with E-state index in [2.05, 4.69) is 25.4 Å². The maximum atomic E-state index is 12.5. The average molecular weight is 331 g/mol. The minimum atomic E-state index is 0.0136. The SMILES string of the molecule is Cc1nn(C)c(C)c1NC(=O)CN1CCCCC1Cn1cncn1. The Morgan fingerprint density at radius 2 is 2.21 bits per heavy atom. The van der Waals surface area contributed by atoms with Gasteiger partial charge >= 0.3 is 0 Å². The summed E-state index contributed by atoms with van der Waals surface area (Å²) in [5.41, 5.74) is 2.65. The van der Waals surface area contributed by atoms with Gasteiger partial charge in [0.25, 0.3) is 0 Å². The quantitative estimate of drug-likeness (QED) is 0.888. The first-order valence-corrected chi connectivity index (χ1v) is 8.41. The number of amides is 1. The van der Waals surface area contributed by atoms with E-state index in [1.807, 2.05) is 25.6 Å². The summed E-state index contributed by atoms with van der Waals surface area (Å²) in [6.07, 6.45) is 6.69. The van der Waals surface area contributed by atoms with E-state index in [0.717, 1.165) is 43.0 Å². The zero-order valence-corrected chi connectivity index (χ0v) is 14.6. The van der Waals surface area contributed by atoms with E-state index in [4.69, 9.17) is 0 Å². The molecular formula is C16H25N7O. The second-order valence-corrected chi connectivity index (χ2v) is 6.46. The standard InChI is InChI=1S/C16H25N7O/c1-12-16(13(2)21(3)20-12)19-15(24)9-22-7-5-4-6-14(22)8-23-11-17-10-18-23/h10-11,14H,4-9H2,1-3H3,(H,19,24). The van der Waals surface area contributed by atoms with Gasteiger partial charge in [-0.15, -0.1) is 0 Å². The molecule has 1 aliphatic rings. The Kier molecular flexibility index (Phi) is 4.94. The summed E-state index contributed by atoms with van der Waals surface area (Å²) in [6.45, 7) is 5.99. The summed E-state index contributed by atoms with van der Waals surface area (Å²) >= 11 is 0. The number of anilines is 1. The molecule has 1 aliphatic heterocycles. The first kappa shape index (κ1) is 16.6.